The summed E-state index contributed by atoms with van der Waals surface area (Å²) in [6, 6.07) is 15.2. The highest BCUT2D eigenvalue weighted by atomic mass is 32.1. The number of amides is 4. The zero-order valence-electron chi connectivity index (χ0n) is 18.5. The number of imide groups is 1. The maximum atomic E-state index is 13.3. The summed E-state index contributed by atoms with van der Waals surface area (Å²) < 4.78 is 0. The van der Waals surface area contributed by atoms with E-state index in [2.05, 4.69) is 27.0 Å². The Morgan fingerprint density at radius 1 is 1.03 bits per heavy atom. The van der Waals surface area contributed by atoms with Crippen LogP contribution in [0.4, 0.5) is 4.79 Å². The molecule has 0 bridgehead atoms. The third kappa shape index (κ3) is 4.12. The molecule has 0 aliphatic carbocycles. The fourth-order valence-electron chi connectivity index (χ4n) is 4.57. The molecule has 2 saturated heterocycles. The van der Waals surface area contributed by atoms with Crippen molar-refractivity contribution in [3.63, 3.8) is 0 Å². The molecule has 0 spiro atoms. The summed E-state index contributed by atoms with van der Waals surface area (Å²) >= 11 is 1.68. The molecule has 1 atom stereocenters. The van der Waals surface area contributed by atoms with Gasteiger partial charge in [0.1, 0.15) is 12.1 Å². The van der Waals surface area contributed by atoms with Crippen LogP contribution in [0, 0.1) is 0 Å². The highest BCUT2D eigenvalue weighted by Crippen LogP contribution is 2.31. The van der Waals surface area contributed by atoms with Crippen LogP contribution in [0.2, 0.25) is 0 Å². The van der Waals surface area contributed by atoms with E-state index in [-0.39, 0.29) is 12.5 Å². The largest absolute Gasteiger partial charge is 0.339 e. The standard InChI is InChI=1S/C25H26N4O3S/c1-25(21-7-6-19-4-2-3-5-20(19)14-21)23(31)29(24(32)26-25)16-22(30)28-11-9-27(10-12-28)15-18-8-13-33-17-18/h2-8,13-14,17H,9-12,15-16H2,1H3,(H,26,32). The number of benzene rings is 2. The first-order valence-corrected chi connectivity index (χ1v) is 12.0. The second-order valence-electron chi connectivity index (χ2n) is 8.80. The molecule has 0 radical (unpaired) electrons. The Bertz CT molecular complexity index is 1200. The van der Waals surface area contributed by atoms with Gasteiger partial charge in [-0.15, -0.1) is 0 Å². The molecule has 0 saturated carbocycles. The molecule has 4 amide bonds. The molecule has 2 aromatic carbocycles. The minimum absolute atomic E-state index is 0.198. The van der Waals surface area contributed by atoms with Crippen LogP contribution in [0.1, 0.15) is 18.1 Å². The van der Waals surface area contributed by atoms with Crippen molar-refractivity contribution >= 4 is 40.0 Å². The Labute approximate surface area is 196 Å². The van der Waals surface area contributed by atoms with Crippen molar-refractivity contribution in [2.45, 2.75) is 19.0 Å². The number of carbonyl (C=O) groups is 3. The van der Waals surface area contributed by atoms with Gasteiger partial charge in [-0.2, -0.15) is 11.3 Å². The topological polar surface area (TPSA) is 73.0 Å². The van der Waals surface area contributed by atoms with Crippen molar-refractivity contribution in [2.75, 3.05) is 32.7 Å². The minimum atomic E-state index is -1.19. The van der Waals surface area contributed by atoms with Crippen LogP contribution in [0.25, 0.3) is 10.8 Å². The lowest BCUT2D eigenvalue weighted by Gasteiger charge is -2.35. The van der Waals surface area contributed by atoms with Gasteiger partial charge in [-0.1, -0.05) is 36.4 Å². The highest BCUT2D eigenvalue weighted by Gasteiger charge is 2.49. The Balaban J connectivity index is 1.24. The number of fused-ring (bicyclic) bond motifs is 1. The van der Waals surface area contributed by atoms with E-state index in [1.165, 1.54) is 5.56 Å². The van der Waals surface area contributed by atoms with Gasteiger partial charge in [-0.05, 0) is 51.7 Å². The number of hydrogen-bond donors (Lipinski definition) is 1. The third-order valence-electron chi connectivity index (χ3n) is 6.61. The van der Waals surface area contributed by atoms with E-state index >= 15 is 0 Å². The molecule has 2 aliphatic rings. The SMILES string of the molecule is CC1(c2ccc3ccccc3c2)NC(=O)N(CC(=O)N2CCN(Cc3ccsc3)CC2)C1=O. The zero-order valence-corrected chi connectivity index (χ0v) is 19.3. The fraction of sp³-hybridized carbons (Fsp3) is 0.320. The molecule has 3 heterocycles. The van der Waals surface area contributed by atoms with E-state index in [9.17, 15) is 14.4 Å². The molecule has 2 fully saturated rings. The van der Waals surface area contributed by atoms with Crippen LogP contribution in [0.5, 0.6) is 0 Å². The van der Waals surface area contributed by atoms with Crippen molar-refractivity contribution in [1.29, 1.82) is 0 Å². The van der Waals surface area contributed by atoms with Crippen molar-refractivity contribution in [2.24, 2.45) is 0 Å². The van der Waals surface area contributed by atoms with E-state index in [0.29, 0.717) is 18.7 Å². The van der Waals surface area contributed by atoms with Crippen LogP contribution in [0.15, 0.2) is 59.3 Å². The number of hydrogen-bond acceptors (Lipinski definition) is 5. The molecule has 3 aromatic rings. The van der Waals surface area contributed by atoms with Crippen molar-refractivity contribution in [3.8, 4) is 0 Å². The molecule has 1 aromatic heterocycles. The number of thiophene rings is 1. The van der Waals surface area contributed by atoms with Gasteiger partial charge in [0.2, 0.25) is 5.91 Å². The summed E-state index contributed by atoms with van der Waals surface area (Å²) in [5, 5.41) is 9.08. The number of nitrogens with zero attached hydrogens (tertiary/aromatic N) is 3. The maximum Gasteiger partial charge on any atom is 0.325 e. The molecule has 33 heavy (non-hydrogen) atoms. The van der Waals surface area contributed by atoms with E-state index < -0.39 is 17.5 Å². The van der Waals surface area contributed by atoms with E-state index in [4.69, 9.17) is 0 Å². The van der Waals surface area contributed by atoms with Gasteiger partial charge in [-0.3, -0.25) is 19.4 Å². The van der Waals surface area contributed by atoms with Gasteiger partial charge in [0.05, 0.1) is 0 Å². The van der Waals surface area contributed by atoms with Crippen molar-refractivity contribution in [1.82, 2.24) is 20.0 Å². The minimum Gasteiger partial charge on any atom is -0.339 e. The molecular weight excluding hydrogens is 436 g/mol. The predicted molar refractivity (Wildman–Crippen MR) is 128 cm³/mol. The van der Waals surface area contributed by atoms with Gasteiger partial charge >= 0.3 is 6.03 Å². The Morgan fingerprint density at radius 3 is 2.52 bits per heavy atom. The van der Waals surface area contributed by atoms with Crippen LogP contribution in [-0.4, -0.2) is 65.3 Å². The maximum absolute atomic E-state index is 13.3. The van der Waals surface area contributed by atoms with Gasteiger partial charge in [-0.25, -0.2) is 4.79 Å². The second-order valence-corrected chi connectivity index (χ2v) is 9.58. The second kappa shape index (κ2) is 8.61. The normalized spacial score (nSPS) is 21.6. The first-order chi connectivity index (χ1) is 15.9. The molecule has 8 heteroatoms. The molecule has 1 unspecified atom stereocenters. The van der Waals surface area contributed by atoms with E-state index in [1.807, 2.05) is 42.5 Å². The zero-order chi connectivity index (χ0) is 23.0. The van der Waals surface area contributed by atoms with Crippen LogP contribution in [-0.2, 0) is 21.7 Å². The van der Waals surface area contributed by atoms with Crippen LogP contribution < -0.4 is 5.32 Å². The van der Waals surface area contributed by atoms with Gasteiger partial charge < -0.3 is 10.2 Å². The number of urea groups is 1. The first-order valence-electron chi connectivity index (χ1n) is 11.1. The van der Waals surface area contributed by atoms with Crippen molar-refractivity contribution in [3.05, 3.63) is 70.4 Å². The number of nitrogens with one attached hydrogen (secondary N) is 1. The Kier molecular flexibility index (Phi) is 5.64. The van der Waals surface area contributed by atoms with E-state index in [1.54, 1.807) is 23.2 Å². The van der Waals surface area contributed by atoms with Gasteiger partial charge in [0.25, 0.3) is 5.91 Å². The number of carbonyl (C=O) groups excluding carboxylic acids is 3. The fourth-order valence-corrected chi connectivity index (χ4v) is 5.23. The highest BCUT2D eigenvalue weighted by molar-refractivity contribution is 7.07. The quantitative estimate of drug-likeness (QED) is 0.592. The Morgan fingerprint density at radius 2 is 1.79 bits per heavy atom. The lowest BCUT2D eigenvalue weighted by Crippen LogP contribution is -2.51. The summed E-state index contributed by atoms with van der Waals surface area (Å²) in [5.74, 6) is -0.594. The average Bonchev–Trinajstić information content (AvgIpc) is 3.41. The molecule has 170 valence electrons. The predicted octanol–water partition coefficient (Wildman–Crippen LogP) is 3.01. The summed E-state index contributed by atoms with van der Waals surface area (Å²) in [7, 11) is 0. The van der Waals surface area contributed by atoms with Crippen LogP contribution in [0.3, 0.4) is 0 Å². The number of rotatable bonds is 5. The molecular formula is C25H26N4O3S. The molecule has 5 rings (SSSR count). The first kappa shape index (κ1) is 21.6. The molecule has 2 aliphatic heterocycles. The summed E-state index contributed by atoms with van der Waals surface area (Å²) in [6.45, 7) is 5.07. The average molecular weight is 463 g/mol. The summed E-state index contributed by atoms with van der Waals surface area (Å²) in [4.78, 5) is 44.0. The van der Waals surface area contributed by atoms with E-state index in [0.717, 1.165) is 35.3 Å². The lowest BCUT2D eigenvalue weighted by molar-refractivity contribution is -0.139. The monoisotopic (exact) mass is 462 g/mol. The summed E-state index contributed by atoms with van der Waals surface area (Å²) in [5.41, 5.74) is 0.796. The van der Waals surface area contributed by atoms with Gasteiger partial charge in [0, 0.05) is 32.7 Å². The summed E-state index contributed by atoms with van der Waals surface area (Å²) in [6.07, 6.45) is 0. The van der Waals surface area contributed by atoms with Crippen molar-refractivity contribution < 1.29 is 14.4 Å². The molecule has 7 nitrogen and oxygen atoms in total. The van der Waals surface area contributed by atoms with Gasteiger partial charge in [0.15, 0.2) is 0 Å². The van der Waals surface area contributed by atoms with Crippen LogP contribution >= 0.6 is 11.3 Å². The molecule has 1 N–H and O–H groups in total. The Hall–Kier alpha value is -3.23. The smallest absolute Gasteiger partial charge is 0.325 e. The number of piperazine rings is 1. The lowest BCUT2D eigenvalue weighted by atomic mass is 9.90. The third-order valence-corrected chi connectivity index (χ3v) is 7.34.